The fourth-order valence-electron chi connectivity index (χ4n) is 3.44. The molecular weight excluding hydrogens is 356 g/mol. The Morgan fingerprint density at radius 3 is 2.76 bits per heavy atom. The second-order valence-corrected chi connectivity index (χ2v) is 7.68. The van der Waals surface area contributed by atoms with Crippen LogP contribution < -0.4 is 0 Å². The van der Waals surface area contributed by atoms with Crippen molar-refractivity contribution < 1.29 is 4.42 Å². The lowest BCUT2D eigenvalue weighted by atomic mass is 9.99. The molecule has 0 N–H and O–H groups in total. The van der Waals surface area contributed by atoms with Crippen molar-refractivity contribution in [3.8, 4) is 0 Å². The highest BCUT2D eigenvalue weighted by Gasteiger charge is 2.16. The average Bonchev–Trinajstić information content (AvgIpc) is 3.07. The number of allylic oxidation sites excluding steroid dienone is 4. The van der Waals surface area contributed by atoms with E-state index in [1.54, 1.807) is 0 Å². The number of hydrogen-bond donors (Lipinski definition) is 0. The molecule has 0 aliphatic heterocycles. The summed E-state index contributed by atoms with van der Waals surface area (Å²) < 4.78 is 6.10. The predicted molar refractivity (Wildman–Crippen MR) is 122 cm³/mol. The molecule has 0 saturated heterocycles. The summed E-state index contributed by atoms with van der Waals surface area (Å²) in [7, 11) is 0. The third-order valence-corrected chi connectivity index (χ3v) is 4.99. The maximum Gasteiger partial charge on any atom is 0.134 e. The normalized spacial score (nSPS) is 12.4. The van der Waals surface area contributed by atoms with Crippen molar-refractivity contribution >= 4 is 17.0 Å². The molecule has 0 amide bonds. The molecule has 0 saturated carbocycles. The smallest absolute Gasteiger partial charge is 0.134 e. The van der Waals surface area contributed by atoms with E-state index >= 15 is 0 Å². The maximum atomic E-state index is 6.10. The highest BCUT2D eigenvalue weighted by molar-refractivity contribution is 5.88. The molecule has 0 bridgehead atoms. The minimum Gasteiger partial charge on any atom is -0.460 e. The average molecular weight is 387 g/mol. The Balaban J connectivity index is 1.67. The third-order valence-electron chi connectivity index (χ3n) is 4.99. The summed E-state index contributed by atoms with van der Waals surface area (Å²) in [5.41, 5.74) is 4.41. The van der Waals surface area contributed by atoms with Crippen molar-refractivity contribution in [2.24, 2.45) is 0 Å². The predicted octanol–water partition coefficient (Wildman–Crippen LogP) is 7.06. The van der Waals surface area contributed by atoms with Gasteiger partial charge < -0.3 is 4.42 Å². The molecule has 150 valence electrons. The summed E-state index contributed by atoms with van der Waals surface area (Å²) in [5.74, 6) is 2.06. The van der Waals surface area contributed by atoms with Crippen LogP contribution in [0.15, 0.2) is 71.3 Å². The Morgan fingerprint density at radius 2 is 1.97 bits per heavy atom. The van der Waals surface area contributed by atoms with Gasteiger partial charge in [0.15, 0.2) is 0 Å². The van der Waals surface area contributed by atoms with Gasteiger partial charge in [-0.25, -0.2) is 9.97 Å². The molecule has 29 heavy (non-hydrogen) atoms. The van der Waals surface area contributed by atoms with Crippen molar-refractivity contribution in [3.63, 3.8) is 0 Å². The summed E-state index contributed by atoms with van der Waals surface area (Å²) in [5, 5.41) is 1.12. The van der Waals surface area contributed by atoms with E-state index in [1.165, 1.54) is 5.57 Å². The second kappa shape index (κ2) is 10.0. The maximum absolute atomic E-state index is 6.10. The van der Waals surface area contributed by atoms with E-state index in [1.807, 2.05) is 36.5 Å². The lowest BCUT2D eigenvalue weighted by Crippen LogP contribution is -2.04. The highest BCUT2D eigenvalue weighted by atomic mass is 16.3. The number of nitrogens with zero attached hydrogens (tertiary/aromatic N) is 2. The number of benzene rings is 1. The second-order valence-electron chi connectivity index (χ2n) is 7.68. The molecule has 3 heteroatoms. The van der Waals surface area contributed by atoms with Crippen molar-refractivity contribution in [1.29, 1.82) is 0 Å². The molecule has 3 rings (SSSR count). The van der Waals surface area contributed by atoms with Gasteiger partial charge in [-0.1, -0.05) is 61.6 Å². The zero-order chi connectivity index (χ0) is 20.6. The zero-order valence-electron chi connectivity index (χ0n) is 17.7. The molecule has 0 aliphatic carbocycles. The molecule has 1 aromatic carbocycles. The number of fused-ring (bicyclic) bond motifs is 1. The largest absolute Gasteiger partial charge is 0.460 e. The van der Waals surface area contributed by atoms with Crippen LogP contribution >= 0.6 is 0 Å². The van der Waals surface area contributed by atoms with Crippen LogP contribution in [0, 0.1) is 0 Å². The number of para-hydroxylation sites is 1. The minimum atomic E-state index is 0.234. The summed E-state index contributed by atoms with van der Waals surface area (Å²) in [6.45, 7) is 10.4. The number of furan rings is 1. The molecule has 0 spiro atoms. The number of aromatic nitrogens is 2. The van der Waals surface area contributed by atoms with Gasteiger partial charge in [-0.3, -0.25) is 0 Å². The zero-order valence-corrected chi connectivity index (χ0v) is 17.7. The van der Waals surface area contributed by atoms with Crippen LogP contribution in [0.4, 0.5) is 0 Å². The highest BCUT2D eigenvalue weighted by Crippen LogP contribution is 2.30. The first-order chi connectivity index (χ1) is 14.1. The van der Waals surface area contributed by atoms with E-state index in [4.69, 9.17) is 9.40 Å². The monoisotopic (exact) mass is 386 g/mol. The van der Waals surface area contributed by atoms with Gasteiger partial charge in [0.25, 0.3) is 0 Å². The van der Waals surface area contributed by atoms with Gasteiger partial charge in [0, 0.05) is 41.6 Å². The lowest BCUT2D eigenvalue weighted by molar-refractivity contribution is 0.522. The van der Waals surface area contributed by atoms with Gasteiger partial charge in [0.2, 0.25) is 0 Å². The van der Waals surface area contributed by atoms with Gasteiger partial charge in [-0.2, -0.15) is 0 Å². The van der Waals surface area contributed by atoms with Crippen LogP contribution in [0.1, 0.15) is 62.4 Å². The van der Waals surface area contributed by atoms with Gasteiger partial charge >= 0.3 is 0 Å². The SMILES string of the molecule is C=Cc1c(C[C@@H](C)c2ccnc(C/C=C\CCC=C(C)C)n2)oc2ccccc12. The molecule has 0 unspecified atom stereocenters. The molecule has 2 heterocycles. The van der Waals surface area contributed by atoms with E-state index in [9.17, 15) is 0 Å². The molecule has 2 aromatic heterocycles. The third kappa shape index (κ3) is 5.54. The number of rotatable bonds is 9. The Morgan fingerprint density at radius 1 is 1.14 bits per heavy atom. The lowest BCUT2D eigenvalue weighted by Gasteiger charge is -2.10. The molecule has 0 fully saturated rings. The van der Waals surface area contributed by atoms with Crippen molar-refractivity contribution in [3.05, 3.63) is 89.8 Å². The van der Waals surface area contributed by atoms with Gasteiger partial charge in [-0.05, 0) is 38.8 Å². The van der Waals surface area contributed by atoms with Crippen molar-refractivity contribution in [1.82, 2.24) is 9.97 Å². The Labute approximate surface area is 173 Å². The number of unbranched alkanes of at least 4 members (excludes halogenated alkanes) is 1. The van der Waals surface area contributed by atoms with E-state index < -0.39 is 0 Å². The first-order valence-electron chi connectivity index (χ1n) is 10.3. The van der Waals surface area contributed by atoms with E-state index in [0.717, 1.165) is 59.5 Å². The molecular formula is C26H30N2O. The van der Waals surface area contributed by atoms with Crippen LogP contribution in [0.5, 0.6) is 0 Å². The van der Waals surface area contributed by atoms with Crippen LogP contribution in [0.2, 0.25) is 0 Å². The fraction of sp³-hybridized carbons (Fsp3) is 0.308. The quantitative estimate of drug-likeness (QED) is 0.292. The summed E-state index contributed by atoms with van der Waals surface area (Å²) in [6.07, 6.45) is 14.1. The van der Waals surface area contributed by atoms with Gasteiger partial charge in [0.1, 0.15) is 17.2 Å². The molecule has 1 atom stereocenters. The van der Waals surface area contributed by atoms with Crippen LogP contribution in [0.25, 0.3) is 17.0 Å². The number of hydrogen-bond acceptors (Lipinski definition) is 3. The van der Waals surface area contributed by atoms with Gasteiger partial charge in [0.05, 0.1) is 0 Å². The summed E-state index contributed by atoms with van der Waals surface area (Å²) in [6, 6.07) is 10.1. The Bertz CT molecular complexity index is 1020. The molecule has 0 aliphatic rings. The van der Waals surface area contributed by atoms with Crippen LogP contribution in [0.3, 0.4) is 0 Å². The van der Waals surface area contributed by atoms with E-state index in [0.29, 0.717) is 0 Å². The summed E-state index contributed by atoms with van der Waals surface area (Å²) >= 11 is 0. The topological polar surface area (TPSA) is 38.9 Å². The first kappa shape index (κ1) is 20.8. The minimum absolute atomic E-state index is 0.234. The van der Waals surface area contributed by atoms with Crippen molar-refractivity contribution in [2.75, 3.05) is 0 Å². The molecule has 0 radical (unpaired) electrons. The van der Waals surface area contributed by atoms with Crippen LogP contribution in [-0.2, 0) is 12.8 Å². The Kier molecular flexibility index (Phi) is 7.18. The molecule has 3 nitrogen and oxygen atoms in total. The Hall–Kier alpha value is -2.94. The fourth-order valence-corrected chi connectivity index (χ4v) is 3.44. The van der Waals surface area contributed by atoms with Gasteiger partial charge in [-0.15, -0.1) is 0 Å². The summed E-state index contributed by atoms with van der Waals surface area (Å²) in [4.78, 5) is 9.21. The van der Waals surface area contributed by atoms with Crippen LogP contribution in [-0.4, -0.2) is 9.97 Å². The molecule has 3 aromatic rings. The van der Waals surface area contributed by atoms with Crippen molar-refractivity contribution in [2.45, 2.75) is 52.4 Å². The van der Waals surface area contributed by atoms with E-state index in [2.05, 4.69) is 56.6 Å². The first-order valence-corrected chi connectivity index (χ1v) is 10.3. The van der Waals surface area contributed by atoms with E-state index in [-0.39, 0.29) is 5.92 Å². The standard InChI is InChI=1S/C26H30N2O/c1-5-21-22-13-10-11-14-24(22)29-25(21)18-20(4)23-16-17-27-26(28-23)15-9-7-6-8-12-19(2)3/h5,7,9-14,16-17,20H,1,6,8,15,18H2,2-4H3/b9-7-/t20-/m1/s1.